The van der Waals surface area contributed by atoms with E-state index in [1.807, 2.05) is 0 Å². The van der Waals surface area contributed by atoms with Gasteiger partial charge in [-0.2, -0.15) is 0 Å². The Labute approximate surface area is 68.5 Å². The average molecular weight is 152 g/mol. The normalized spacial score (nSPS) is 26.9. The van der Waals surface area contributed by atoms with Crippen molar-refractivity contribution in [1.29, 1.82) is 0 Å². The molecular weight excluding hydrogens is 136 g/mol. The van der Waals surface area contributed by atoms with Gasteiger partial charge in [0.25, 0.3) is 0 Å². The third-order valence-electron chi connectivity index (χ3n) is 2.36. The van der Waals surface area contributed by atoms with Crippen molar-refractivity contribution in [2.24, 2.45) is 5.41 Å². The highest BCUT2D eigenvalue weighted by Gasteiger charge is 2.23. The zero-order valence-corrected chi connectivity index (χ0v) is 7.39. The second-order valence-corrected chi connectivity index (χ2v) is 4.16. The van der Waals surface area contributed by atoms with E-state index in [1.54, 1.807) is 6.08 Å². The molecule has 0 aromatic rings. The summed E-state index contributed by atoms with van der Waals surface area (Å²) in [6, 6.07) is 0. The monoisotopic (exact) mass is 152 g/mol. The molecule has 0 bridgehead atoms. The summed E-state index contributed by atoms with van der Waals surface area (Å²) in [4.78, 5) is 10.2. The molecule has 0 spiro atoms. The largest absolute Gasteiger partial charge is 0.299 e. The van der Waals surface area contributed by atoms with Crippen LogP contribution in [0.5, 0.6) is 0 Å². The molecule has 1 saturated carbocycles. The van der Waals surface area contributed by atoms with Crippen LogP contribution in [0.4, 0.5) is 0 Å². The number of carbonyl (C=O) groups is 1. The van der Waals surface area contributed by atoms with E-state index in [2.05, 4.69) is 13.8 Å². The standard InChI is InChI=1S/C10H16O/c1-10(2)6-3-4-9(8-10)5-7-11/h5,7H,3-4,6,8H2,1-2H3/b9-5-. The predicted molar refractivity (Wildman–Crippen MR) is 46.4 cm³/mol. The number of carbonyl (C=O) groups excluding carboxylic acids is 1. The van der Waals surface area contributed by atoms with E-state index in [0.29, 0.717) is 5.41 Å². The van der Waals surface area contributed by atoms with Crippen molar-refractivity contribution in [3.63, 3.8) is 0 Å². The van der Waals surface area contributed by atoms with Crippen LogP contribution < -0.4 is 0 Å². The van der Waals surface area contributed by atoms with Crippen molar-refractivity contribution in [1.82, 2.24) is 0 Å². The van der Waals surface area contributed by atoms with Gasteiger partial charge in [-0.3, -0.25) is 4.79 Å². The number of hydrogen-bond acceptors (Lipinski definition) is 1. The van der Waals surface area contributed by atoms with Crippen LogP contribution in [-0.2, 0) is 4.79 Å². The maximum atomic E-state index is 10.2. The Kier molecular flexibility index (Phi) is 2.48. The molecule has 0 saturated heterocycles. The van der Waals surface area contributed by atoms with Crippen molar-refractivity contribution in [2.45, 2.75) is 39.5 Å². The maximum absolute atomic E-state index is 10.2. The van der Waals surface area contributed by atoms with Gasteiger partial charge < -0.3 is 0 Å². The summed E-state index contributed by atoms with van der Waals surface area (Å²) in [5.41, 5.74) is 1.75. The number of aldehydes is 1. The Hall–Kier alpha value is -0.590. The summed E-state index contributed by atoms with van der Waals surface area (Å²) in [6.45, 7) is 4.54. The number of rotatable bonds is 1. The third-order valence-corrected chi connectivity index (χ3v) is 2.36. The molecule has 0 unspecified atom stereocenters. The van der Waals surface area contributed by atoms with Crippen molar-refractivity contribution in [3.8, 4) is 0 Å². The molecule has 0 radical (unpaired) electrons. The first kappa shape index (κ1) is 8.51. The van der Waals surface area contributed by atoms with Crippen molar-refractivity contribution >= 4 is 6.29 Å². The Balaban J connectivity index is 2.60. The van der Waals surface area contributed by atoms with Crippen LogP contribution in [0, 0.1) is 5.41 Å². The summed E-state index contributed by atoms with van der Waals surface area (Å²) < 4.78 is 0. The molecule has 0 aliphatic heterocycles. The van der Waals surface area contributed by atoms with Crippen molar-refractivity contribution in [3.05, 3.63) is 11.6 Å². The van der Waals surface area contributed by atoms with E-state index in [-0.39, 0.29) is 0 Å². The Morgan fingerprint density at radius 1 is 1.45 bits per heavy atom. The lowest BCUT2D eigenvalue weighted by Crippen LogP contribution is -2.17. The lowest BCUT2D eigenvalue weighted by molar-refractivity contribution is -0.104. The molecule has 0 aromatic heterocycles. The lowest BCUT2D eigenvalue weighted by atomic mass is 9.75. The van der Waals surface area contributed by atoms with Crippen molar-refractivity contribution in [2.75, 3.05) is 0 Å². The minimum atomic E-state index is 0.424. The van der Waals surface area contributed by atoms with Crippen LogP contribution in [-0.4, -0.2) is 6.29 Å². The van der Waals surface area contributed by atoms with Gasteiger partial charge >= 0.3 is 0 Å². The summed E-state index contributed by atoms with van der Waals surface area (Å²) in [5, 5.41) is 0. The molecular formula is C10H16O. The molecule has 1 fully saturated rings. The first-order valence-electron chi connectivity index (χ1n) is 4.27. The summed E-state index contributed by atoms with van der Waals surface area (Å²) in [5.74, 6) is 0. The van der Waals surface area contributed by atoms with Crippen LogP contribution in [0.2, 0.25) is 0 Å². The SMILES string of the molecule is CC1(C)CCC/C(=C/C=O)C1. The van der Waals surface area contributed by atoms with E-state index in [0.717, 1.165) is 19.1 Å². The van der Waals surface area contributed by atoms with Crippen LogP contribution in [0.1, 0.15) is 39.5 Å². The third kappa shape index (κ3) is 2.49. The van der Waals surface area contributed by atoms with Crippen molar-refractivity contribution < 1.29 is 4.79 Å². The Morgan fingerprint density at radius 3 is 2.73 bits per heavy atom. The van der Waals surface area contributed by atoms with Gasteiger partial charge in [-0.05, 0) is 37.2 Å². The van der Waals surface area contributed by atoms with Gasteiger partial charge in [0.15, 0.2) is 0 Å². The average Bonchev–Trinajstić information content (AvgIpc) is 1.85. The molecule has 0 amide bonds. The lowest BCUT2D eigenvalue weighted by Gasteiger charge is -2.30. The minimum Gasteiger partial charge on any atom is -0.299 e. The number of allylic oxidation sites excluding steroid dienone is 2. The summed E-state index contributed by atoms with van der Waals surface area (Å²) in [6.07, 6.45) is 7.42. The van der Waals surface area contributed by atoms with Gasteiger partial charge in [-0.25, -0.2) is 0 Å². The van der Waals surface area contributed by atoms with E-state index >= 15 is 0 Å². The molecule has 0 heterocycles. The second kappa shape index (κ2) is 3.21. The van der Waals surface area contributed by atoms with Crippen LogP contribution in [0.3, 0.4) is 0 Å². The fourth-order valence-corrected chi connectivity index (χ4v) is 1.82. The van der Waals surface area contributed by atoms with Gasteiger partial charge in [0.05, 0.1) is 0 Å². The van der Waals surface area contributed by atoms with Gasteiger partial charge in [-0.1, -0.05) is 19.4 Å². The summed E-state index contributed by atoms with van der Waals surface area (Å²) >= 11 is 0. The molecule has 62 valence electrons. The van der Waals surface area contributed by atoms with E-state index in [1.165, 1.54) is 18.4 Å². The van der Waals surface area contributed by atoms with Gasteiger partial charge in [-0.15, -0.1) is 0 Å². The highest BCUT2D eigenvalue weighted by Crippen LogP contribution is 2.37. The summed E-state index contributed by atoms with van der Waals surface area (Å²) in [7, 11) is 0. The highest BCUT2D eigenvalue weighted by molar-refractivity contribution is 5.66. The van der Waals surface area contributed by atoms with Gasteiger partial charge in [0.1, 0.15) is 6.29 Å². The maximum Gasteiger partial charge on any atom is 0.142 e. The first-order valence-corrected chi connectivity index (χ1v) is 4.27. The van der Waals surface area contributed by atoms with E-state index in [4.69, 9.17) is 0 Å². The van der Waals surface area contributed by atoms with E-state index in [9.17, 15) is 4.79 Å². The minimum absolute atomic E-state index is 0.424. The smallest absolute Gasteiger partial charge is 0.142 e. The molecule has 1 heteroatoms. The molecule has 0 aromatic carbocycles. The fraction of sp³-hybridized carbons (Fsp3) is 0.700. The Bertz CT molecular complexity index is 177. The molecule has 11 heavy (non-hydrogen) atoms. The quantitative estimate of drug-likeness (QED) is 0.417. The Morgan fingerprint density at radius 2 is 2.18 bits per heavy atom. The van der Waals surface area contributed by atoms with Crippen LogP contribution in [0.25, 0.3) is 0 Å². The second-order valence-electron chi connectivity index (χ2n) is 4.16. The van der Waals surface area contributed by atoms with Gasteiger partial charge in [0.2, 0.25) is 0 Å². The molecule has 1 rings (SSSR count). The first-order chi connectivity index (χ1) is 5.14. The fourth-order valence-electron chi connectivity index (χ4n) is 1.82. The molecule has 0 N–H and O–H groups in total. The molecule has 0 atom stereocenters. The molecule has 1 nitrogen and oxygen atoms in total. The number of hydrogen-bond donors (Lipinski definition) is 0. The topological polar surface area (TPSA) is 17.1 Å². The van der Waals surface area contributed by atoms with Crippen LogP contribution >= 0.6 is 0 Å². The highest BCUT2D eigenvalue weighted by atomic mass is 16.1. The molecule has 1 aliphatic rings. The van der Waals surface area contributed by atoms with E-state index < -0.39 is 0 Å². The zero-order valence-electron chi connectivity index (χ0n) is 7.39. The van der Waals surface area contributed by atoms with Crippen LogP contribution in [0.15, 0.2) is 11.6 Å². The van der Waals surface area contributed by atoms with Gasteiger partial charge in [0, 0.05) is 0 Å². The zero-order chi connectivity index (χ0) is 8.32. The molecule has 1 aliphatic carbocycles. The predicted octanol–water partition coefficient (Wildman–Crippen LogP) is 2.71.